The molecule has 70 valence electrons. The minimum Gasteiger partial charge on any atom is -0.328 e. The van der Waals surface area contributed by atoms with Crippen molar-refractivity contribution in [3.8, 4) is 0 Å². The fourth-order valence-corrected chi connectivity index (χ4v) is 1.89. The standard InChI is InChI=1S/C11H14FN/c1-7(13)10-6-11(10)8-2-4-9(12)5-3-8/h2-5,7,10-11H,6,13H2,1H3/t7-,10-,11+/m0/s1. The Labute approximate surface area is 77.8 Å². The van der Waals surface area contributed by atoms with Crippen molar-refractivity contribution >= 4 is 0 Å². The van der Waals surface area contributed by atoms with E-state index in [2.05, 4.69) is 0 Å². The Morgan fingerprint density at radius 1 is 1.38 bits per heavy atom. The van der Waals surface area contributed by atoms with E-state index in [4.69, 9.17) is 5.73 Å². The van der Waals surface area contributed by atoms with Gasteiger partial charge in [0.25, 0.3) is 0 Å². The number of hydrogen-bond acceptors (Lipinski definition) is 1. The average Bonchev–Trinajstić information content (AvgIpc) is 2.85. The Morgan fingerprint density at radius 3 is 2.46 bits per heavy atom. The topological polar surface area (TPSA) is 26.0 Å². The van der Waals surface area contributed by atoms with Crippen LogP contribution in [0.4, 0.5) is 4.39 Å². The summed E-state index contributed by atoms with van der Waals surface area (Å²) >= 11 is 0. The van der Waals surface area contributed by atoms with Gasteiger partial charge >= 0.3 is 0 Å². The van der Waals surface area contributed by atoms with Gasteiger partial charge in [0, 0.05) is 6.04 Å². The summed E-state index contributed by atoms with van der Waals surface area (Å²) in [6.07, 6.45) is 1.16. The lowest BCUT2D eigenvalue weighted by Gasteiger charge is -2.03. The van der Waals surface area contributed by atoms with Crippen LogP contribution in [-0.4, -0.2) is 6.04 Å². The highest BCUT2D eigenvalue weighted by Crippen LogP contribution is 2.48. The van der Waals surface area contributed by atoms with Gasteiger partial charge < -0.3 is 5.73 Å². The molecule has 13 heavy (non-hydrogen) atoms. The van der Waals surface area contributed by atoms with Gasteiger partial charge in [0.15, 0.2) is 0 Å². The molecule has 1 aromatic carbocycles. The van der Waals surface area contributed by atoms with Crippen LogP contribution < -0.4 is 5.73 Å². The normalized spacial score (nSPS) is 28.5. The second-order valence-electron chi connectivity index (χ2n) is 3.92. The van der Waals surface area contributed by atoms with Crippen LogP contribution in [0.25, 0.3) is 0 Å². The fraction of sp³-hybridized carbons (Fsp3) is 0.455. The molecule has 0 unspecified atom stereocenters. The lowest BCUT2D eigenvalue weighted by atomic mass is 10.1. The molecule has 2 rings (SSSR count). The van der Waals surface area contributed by atoms with E-state index in [1.807, 2.05) is 19.1 Å². The molecule has 1 fully saturated rings. The van der Waals surface area contributed by atoms with E-state index in [0.717, 1.165) is 6.42 Å². The highest BCUT2D eigenvalue weighted by molar-refractivity contribution is 5.26. The van der Waals surface area contributed by atoms with E-state index in [0.29, 0.717) is 11.8 Å². The van der Waals surface area contributed by atoms with Gasteiger partial charge in [-0.25, -0.2) is 4.39 Å². The number of rotatable bonds is 2. The van der Waals surface area contributed by atoms with E-state index >= 15 is 0 Å². The summed E-state index contributed by atoms with van der Waals surface area (Å²) in [5.41, 5.74) is 7.01. The maximum atomic E-state index is 12.6. The van der Waals surface area contributed by atoms with E-state index < -0.39 is 0 Å². The molecule has 0 bridgehead atoms. The van der Waals surface area contributed by atoms with Crippen LogP contribution in [0.1, 0.15) is 24.8 Å². The maximum Gasteiger partial charge on any atom is 0.123 e. The largest absolute Gasteiger partial charge is 0.328 e. The van der Waals surface area contributed by atoms with Gasteiger partial charge in [-0.2, -0.15) is 0 Å². The van der Waals surface area contributed by atoms with Gasteiger partial charge in [-0.1, -0.05) is 12.1 Å². The third-order valence-electron chi connectivity index (χ3n) is 2.81. The molecule has 2 N–H and O–H groups in total. The molecule has 0 amide bonds. The Kier molecular flexibility index (Phi) is 2.08. The lowest BCUT2D eigenvalue weighted by molar-refractivity contribution is 0.622. The van der Waals surface area contributed by atoms with Crippen LogP contribution in [-0.2, 0) is 0 Å². The summed E-state index contributed by atoms with van der Waals surface area (Å²) in [6, 6.07) is 7.03. The van der Waals surface area contributed by atoms with Crippen LogP contribution >= 0.6 is 0 Å². The number of halogens is 1. The van der Waals surface area contributed by atoms with Crippen molar-refractivity contribution in [1.29, 1.82) is 0 Å². The molecular weight excluding hydrogens is 165 g/mol. The molecule has 1 aliphatic rings. The number of hydrogen-bond donors (Lipinski definition) is 1. The SMILES string of the molecule is C[C@H](N)[C@@H]1C[C@@H]1c1ccc(F)cc1. The van der Waals surface area contributed by atoms with Crippen molar-refractivity contribution in [2.45, 2.75) is 25.3 Å². The van der Waals surface area contributed by atoms with Crippen molar-refractivity contribution in [2.75, 3.05) is 0 Å². The Hall–Kier alpha value is -0.890. The van der Waals surface area contributed by atoms with Crippen LogP contribution in [0, 0.1) is 11.7 Å². The average molecular weight is 179 g/mol. The quantitative estimate of drug-likeness (QED) is 0.740. The molecule has 3 atom stereocenters. The molecular formula is C11H14FN. The molecule has 1 saturated carbocycles. The first-order valence-corrected chi connectivity index (χ1v) is 4.69. The first-order valence-electron chi connectivity index (χ1n) is 4.69. The molecule has 1 nitrogen and oxygen atoms in total. The summed E-state index contributed by atoms with van der Waals surface area (Å²) in [7, 11) is 0. The second-order valence-corrected chi connectivity index (χ2v) is 3.92. The Bertz CT molecular complexity index is 291. The zero-order chi connectivity index (χ0) is 9.42. The molecule has 1 aliphatic carbocycles. The van der Waals surface area contributed by atoms with Crippen molar-refractivity contribution in [2.24, 2.45) is 11.7 Å². The summed E-state index contributed by atoms with van der Waals surface area (Å²) < 4.78 is 12.6. The minimum absolute atomic E-state index is 0.165. The monoisotopic (exact) mass is 179 g/mol. The highest BCUT2D eigenvalue weighted by atomic mass is 19.1. The molecule has 0 spiro atoms. The van der Waals surface area contributed by atoms with Gasteiger partial charge in [-0.15, -0.1) is 0 Å². The van der Waals surface area contributed by atoms with Gasteiger partial charge in [0.05, 0.1) is 0 Å². The van der Waals surface area contributed by atoms with Crippen molar-refractivity contribution in [1.82, 2.24) is 0 Å². The number of nitrogens with two attached hydrogens (primary N) is 1. The van der Waals surface area contributed by atoms with Gasteiger partial charge in [0.2, 0.25) is 0 Å². The number of benzene rings is 1. The van der Waals surface area contributed by atoms with Crippen molar-refractivity contribution < 1.29 is 4.39 Å². The first kappa shape index (κ1) is 8.70. The van der Waals surface area contributed by atoms with Crippen LogP contribution in [0.3, 0.4) is 0 Å². The molecule has 0 radical (unpaired) electrons. The van der Waals surface area contributed by atoms with Crippen molar-refractivity contribution in [3.05, 3.63) is 35.6 Å². The van der Waals surface area contributed by atoms with Gasteiger partial charge in [0.1, 0.15) is 5.82 Å². The smallest absolute Gasteiger partial charge is 0.123 e. The van der Waals surface area contributed by atoms with E-state index in [9.17, 15) is 4.39 Å². The molecule has 1 aromatic rings. The molecule has 0 aromatic heterocycles. The predicted octanol–water partition coefficient (Wildman–Crippen LogP) is 2.28. The highest BCUT2D eigenvalue weighted by Gasteiger charge is 2.40. The zero-order valence-corrected chi connectivity index (χ0v) is 7.70. The third-order valence-corrected chi connectivity index (χ3v) is 2.81. The summed E-state index contributed by atoms with van der Waals surface area (Å²) in [5, 5.41) is 0. The third kappa shape index (κ3) is 1.73. The van der Waals surface area contributed by atoms with E-state index in [1.54, 1.807) is 0 Å². The van der Waals surface area contributed by atoms with Gasteiger partial charge in [-0.3, -0.25) is 0 Å². The first-order chi connectivity index (χ1) is 6.18. The summed E-state index contributed by atoms with van der Waals surface area (Å²) in [6.45, 7) is 2.04. The lowest BCUT2D eigenvalue weighted by Crippen LogP contribution is -2.17. The summed E-state index contributed by atoms with van der Waals surface area (Å²) in [4.78, 5) is 0. The Morgan fingerprint density at radius 2 is 2.00 bits per heavy atom. The second kappa shape index (κ2) is 3.11. The van der Waals surface area contributed by atoms with Crippen LogP contribution in [0.5, 0.6) is 0 Å². The molecule has 0 aliphatic heterocycles. The predicted molar refractivity (Wildman–Crippen MR) is 50.9 cm³/mol. The van der Waals surface area contributed by atoms with Crippen LogP contribution in [0.2, 0.25) is 0 Å². The van der Waals surface area contributed by atoms with E-state index in [1.165, 1.54) is 17.7 Å². The molecule has 0 heterocycles. The fourth-order valence-electron chi connectivity index (χ4n) is 1.89. The maximum absolute atomic E-state index is 12.6. The molecule has 2 heteroatoms. The van der Waals surface area contributed by atoms with Crippen LogP contribution in [0.15, 0.2) is 24.3 Å². The zero-order valence-electron chi connectivity index (χ0n) is 7.70. The van der Waals surface area contributed by atoms with E-state index in [-0.39, 0.29) is 11.9 Å². The minimum atomic E-state index is -0.165. The van der Waals surface area contributed by atoms with Gasteiger partial charge in [-0.05, 0) is 42.9 Å². The summed E-state index contributed by atoms with van der Waals surface area (Å²) in [5.74, 6) is 1.01. The van der Waals surface area contributed by atoms with Crippen molar-refractivity contribution in [3.63, 3.8) is 0 Å². The molecule has 0 saturated heterocycles. The Balaban J connectivity index is 2.08.